The normalized spacial score (nSPS) is 12.3. The summed E-state index contributed by atoms with van der Waals surface area (Å²) in [6, 6.07) is 0. The van der Waals surface area contributed by atoms with Crippen LogP contribution in [0.4, 0.5) is 0 Å². The molecule has 0 saturated carbocycles. The highest BCUT2D eigenvalue weighted by molar-refractivity contribution is 5.69. The number of hydrogen-bond donors (Lipinski definition) is 0. The first-order chi connectivity index (χ1) is 29.4. The van der Waals surface area contributed by atoms with Crippen LogP contribution in [0.2, 0.25) is 0 Å². The van der Waals surface area contributed by atoms with E-state index in [0.717, 1.165) is 83.6 Å². The fraction of sp³-hybridized carbons (Fsp3) is 0.818. The Morgan fingerprint density at radius 3 is 1.35 bits per heavy atom. The van der Waals surface area contributed by atoms with Crippen molar-refractivity contribution in [3.8, 4) is 0 Å². The smallest absolute Gasteiger partial charge is 0.306 e. The first-order valence-electron chi connectivity index (χ1n) is 26.2. The average molecular weight is 840 g/mol. The Bertz CT molecular complexity index is 1020. The number of rotatable bonds is 47. The molecule has 0 aliphatic heterocycles. The molecule has 0 saturated heterocycles. The monoisotopic (exact) mass is 840 g/mol. The van der Waals surface area contributed by atoms with Gasteiger partial charge in [-0.05, 0) is 109 Å². The molecule has 1 atom stereocenters. The fourth-order valence-electron chi connectivity index (χ4n) is 8.17. The summed E-state index contributed by atoms with van der Waals surface area (Å²) in [4.78, 5) is 27.5. The van der Waals surface area contributed by atoms with Gasteiger partial charge < -0.3 is 14.4 Å². The SMILES string of the molecule is C=C/C=C\N(C=C)CCC/C(=C/CCCCCCCC(=O)OC(CCCCCCCC)CCCCCCCC)CCCCCCCC(=O)OC(CC)CCCCCCCC. The lowest BCUT2D eigenvalue weighted by Crippen LogP contribution is -2.18. The third-order valence-electron chi connectivity index (χ3n) is 12.1. The number of carbonyl (C=O) groups is 2. The van der Waals surface area contributed by atoms with Gasteiger partial charge >= 0.3 is 11.9 Å². The van der Waals surface area contributed by atoms with Crippen LogP contribution in [0.5, 0.6) is 0 Å². The molecule has 350 valence electrons. The first kappa shape index (κ1) is 57.7. The second-order valence-electron chi connectivity index (χ2n) is 17.8. The van der Waals surface area contributed by atoms with Crippen LogP contribution in [0.25, 0.3) is 0 Å². The van der Waals surface area contributed by atoms with Gasteiger partial charge in [0.25, 0.3) is 0 Å². The zero-order valence-electron chi connectivity index (χ0n) is 40.6. The molecule has 0 amide bonds. The lowest BCUT2D eigenvalue weighted by Gasteiger charge is -2.18. The summed E-state index contributed by atoms with van der Waals surface area (Å²) in [5.41, 5.74) is 1.59. The van der Waals surface area contributed by atoms with Crippen LogP contribution in [-0.2, 0) is 19.1 Å². The first-order valence-corrected chi connectivity index (χ1v) is 26.2. The van der Waals surface area contributed by atoms with E-state index in [9.17, 15) is 9.59 Å². The Balaban J connectivity index is 4.59. The zero-order chi connectivity index (χ0) is 44.0. The van der Waals surface area contributed by atoms with Gasteiger partial charge in [0.2, 0.25) is 0 Å². The van der Waals surface area contributed by atoms with Crippen LogP contribution >= 0.6 is 0 Å². The Morgan fingerprint density at radius 2 is 0.883 bits per heavy atom. The average Bonchev–Trinajstić information content (AvgIpc) is 3.25. The third kappa shape index (κ3) is 39.8. The topological polar surface area (TPSA) is 55.8 Å². The third-order valence-corrected chi connectivity index (χ3v) is 12.1. The van der Waals surface area contributed by atoms with Crippen LogP contribution in [0.1, 0.15) is 272 Å². The molecule has 0 aliphatic rings. The van der Waals surface area contributed by atoms with E-state index in [4.69, 9.17) is 9.47 Å². The second kappa shape index (κ2) is 46.2. The molecule has 0 aromatic heterocycles. The van der Waals surface area contributed by atoms with E-state index < -0.39 is 0 Å². The van der Waals surface area contributed by atoms with E-state index in [1.807, 2.05) is 18.5 Å². The van der Waals surface area contributed by atoms with Gasteiger partial charge in [0.15, 0.2) is 0 Å². The molecule has 1 unspecified atom stereocenters. The van der Waals surface area contributed by atoms with Gasteiger partial charge in [-0.25, -0.2) is 0 Å². The summed E-state index contributed by atoms with van der Waals surface area (Å²) in [5, 5.41) is 0. The van der Waals surface area contributed by atoms with Gasteiger partial charge in [0.1, 0.15) is 12.2 Å². The molecule has 0 rings (SSSR count). The summed E-state index contributed by atoms with van der Waals surface area (Å²) in [6.07, 6.45) is 54.5. The van der Waals surface area contributed by atoms with Gasteiger partial charge in [0.05, 0.1) is 0 Å². The summed E-state index contributed by atoms with van der Waals surface area (Å²) >= 11 is 0. The number of ether oxygens (including phenoxy) is 2. The number of carbonyl (C=O) groups excluding carboxylic acids is 2. The molecule has 0 N–H and O–H groups in total. The number of nitrogens with zero attached hydrogens (tertiary/aromatic N) is 1. The minimum atomic E-state index is -0.00151. The lowest BCUT2D eigenvalue weighted by molar-refractivity contribution is -0.150. The molecule has 5 heteroatoms. The molecule has 60 heavy (non-hydrogen) atoms. The fourth-order valence-corrected chi connectivity index (χ4v) is 8.17. The maximum atomic E-state index is 12.8. The highest BCUT2D eigenvalue weighted by Crippen LogP contribution is 2.21. The van der Waals surface area contributed by atoms with Crippen molar-refractivity contribution in [2.24, 2.45) is 0 Å². The maximum absolute atomic E-state index is 12.8. The molecule has 5 nitrogen and oxygen atoms in total. The molecule has 0 aliphatic carbocycles. The van der Waals surface area contributed by atoms with Gasteiger partial charge in [-0.2, -0.15) is 0 Å². The number of unbranched alkanes of at least 4 members (excludes halogenated alkanes) is 24. The minimum Gasteiger partial charge on any atom is -0.462 e. The van der Waals surface area contributed by atoms with Crippen molar-refractivity contribution >= 4 is 11.9 Å². The molecule has 0 radical (unpaired) electrons. The summed E-state index contributed by atoms with van der Waals surface area (Å²) in [6.45, 7) is 17.7. The number of esters is 2. The zero-order valence-corrected chi connectivity index (χ0v) is 40.6. The van der Waals surface area contributed by atoms with E-state index in [2.05, 4.69) is 51.8 Å². The highest BCUT2D eigenvalue weighted by Gasteiger charge is 2.15. The van der Waals surface area contributed by atoms with E-state index in [1.54, 1.807) is 11.6 Å². The molecular formula is C55H101NO4. The molecule has 0 aromatic rings. The molecule has 0 bridgehead atoms. The quantitative estimate of drug-likeness (QED) is 0.0264. The predicted octanol–water partition coefficient (Wildman–Crippen LogP) is 17.8. The van der Waals surface area contributed by atoms with Crippen molar-refractivity contribution in [3.63, 3.8) is 0 Å². The van der Waals surface area contributed by atoms with Gasteiger partial charge in [-0.15, -0.1) is 0 Å². The Kier molecular flexibility index (Phi) is 44.4. The van der Waals surface area contributed by atoms with E-state index >= 15 is 0 Å². The molecule has 0 heterocycles. The summed E-state index contributed by atoms with van der Waals surface area (Å²) in [7, 11) is 0. The van der Waals surface area contributed by atoms with E-state index in [1.165, 1.54) is 154 Å². The molecule has 0 spiro atoms. The van der Waals surface area contributed by atoms with Crippen molar-refractivity contribution in [1.29, 1.82) is 0 Å². The maximum Gasteiger partial charge on any atom is 0.306 e. The van der Waals surface area contributed by atoms with Crippen LogP contribution in [-0.4, -0.2) is 35.6 Å². The van der Waals surface area contributed by atoms with Crippen molar-refractivity contribution in [2.45, 2.75) is 284 Å². The Hall–Kier alpha value is -2.30. The van der Waals surface area contributed by atoms with Gasteiger partial charge in [0, 0.05) is 25.6 Å². The highest BCUT2D eigenvalue weighted by atomic mass is 16.5. The van der Waals surface area contributed by atoms with Crippen LogP contribution < -0.4 is 0 Å². The van der Waals surface area contributed by atoms with E-state index in [-0.39, 0.29) is 24.1 Å². The molecular weight excluding hydrogens is 739 g/mol. The minimum absolute atomic E-state index is 0.00151. The van der Waals surface area contributed by atoms with Gasteiger partial charge in [-0.3, -0.25) is 9.59 Å². The Morgan fingerprint density at radius 1 is 0.483 bits per heavy atom. The standard InChI is InChI=1S/C55H101NO4/c1-7-13-17-20-28-35-44-52(11-5)59-54(57)47-39-32-25-27-34-42-51(43-40-50-56(12-6)49-16-10-4)41-33-26-23-24-31-38-48-55(58)60-53(45-36-29-21-18-14-8-2)46-37-30-22-19-15-9-3/h10,12,16,41,49,52-53H,4,6-9,11,13-15,17-40,42-48,50H2,1-3,5H3/b49-16-,51-41+. The number of allylic oxidation sites excluding steroid dienone is 4. The number of hydrogen-bond acceptors (Lipinski definition) is 5. The van der Waals surface area contributed by atoms with Crippen molar-refractivity contribution in [1.82, 2.24) is 4.90 Å². The Labute approximate surface area is 374 Å². The predicted molar refractivity (Wildman–Crippen MR) is 262 cm³/mol. The van der Waals surface area contributed by atoms with Crippen LogP contribution in [0.3, 0.4) is 0 Å². The van der Waals surface area contributed by atoms with Crippen molar-refractivity contribution < 1.29 is 19.1 Å². The van der Waals surface area contributed by atoms with Crippen molar-refractivity contribution in [2.75, 3.05) is 6.54 Å². The van der Waals surface area contributed by atoms with E-state index in [0.29, 0.717) is 12.8 Å². The second-order valence-corrected chi connectivity index (χ2v) is 17.8. The molecule has 0 aromatic carbocycles. The van der Waals surface area contributed by atoms with Gasteiger partial charge in [-0.1, -0.05) is 193 Å². The molecule has 0 fully saturated rings. The largest absolute Gasteiger partial charge is 0.462 e. The van der Waals surface area contributed by atoms with Crippen LogP contribution in [0.15, 0.2) is 49.4 Å². The summed E-state index contributed by atoms with van der Waals surface area (Å²) in [5.74, 6) is 0.0274. The van der Waals surface area contributed by atoms with Crippen molar-refractivity contribution in [3.05, 3.63) is 49.4 Å². The summed E-state index contributed by atoms with van der Waals surface area (Å²) < 4.78 is 11.9. The lowest BCUT2D eigenvalue weighted by atomic mass is 9.99. The van der Waals surface area contributed by atoms with Crippen LogP contribution in [0, 0.1) is 0 Å².